The fourth-order valence-electron chi connectivity index (χ4n) is 2.59. The molecule has 1 aromatic rings. The lowest BCUT2D eigenvalue weighted by molar-refractivity contribution is -0.143. The Morgan fingerprint density at radius 1 is 1.27 bits per heavy atom. The van der Waals surface area contributed by atoms with Crippen molar-refractivity contribution in [2.75, 3.05) is 0 Å². The van der Waals surface area contributed by atoms with E-state index in [-0.39, 0.29) is 0 Å². The van der Waals surface area contributed by atoms with Crippen LogP contribution in [0.4, 0.5) is 4.79 Å². The Labute approximate surface area is 128 Å². The van der Waals surface area contributed by atoms with Crippen molar-refractivity contribution in [1.29, 1.82) is 0 Å². The average molecular weight is 305 g/mol. The highest BCUT2D eigenvalue weighted by molar-refractivity contribution is 5.97. The number of hydrogen-bond donors (Lipinski definition) is 1. The van der Waals surface area contributed by atoms with E-state index < -0.39 is 30.1 Å². The number of nitrogens with zero attached hydrogens (tertiary/aromatic N) is 1. The molecule has 1 amide bonds. The zero-order valence-electron chi connectivity index (χ0n) is 12.4. The molecule has 0 aliphatic carbocycles. The van der Waals surface area contributed by atoms with Gasteiger partial charge in [-0.25, -0.2) is 14.4 Å². The highest BCUT2D eigenvalue weighted by Gasteiger charge is 2.44. The molecule has 0 saturated carbocycles. The van der Waals surface area contributed by atoms with Gasteiger partial charge in [0.15, 0.2) is 0 Å². The van der Waals surface area contributed by atoms with Gasteiger partial charge < -0.3 is 9.84 Å². The Morgan fingerprint density at radius 3 is 2.50 bits per heavy atom. The summed E-state index contributed by atoms with van der Waals surface area (Å²) in [6.45, 7) is 1.48. The lowest BCUT2D eigenvalue weighted by Crippen LogP contribution is -2.46. The molecule has 0 spiro atoms. The first-order valence-corrected chi connectivity index (χ1v) is 7.31. The predicted octanol–water partition coefficient (Wildman–Crippen LogP) is 2.22. The minimum Gasteiger partial charge on any atom is -0.480 e. The quantitative estimate of drug-likeness (QED) is 0.474. The number of carbonyl (C=O) groups excluding carboxylic acids is 2. The molecule has 0 bridgehead atoms. The number of cyclic esters (lactones) is 2. The van der Waals surface area contributed by atoms with Crippen LogP contribution in [0.5, 0.6) is 0 Å². The average Bonchev–Trinajstić information content (AvgIpc) is 2.74. The van der Waals surface area contributed by atoms with Crippen molar-refractivity contribution in [1.82, 2.24) is 4.90 Å². The van der Waals surface area contributed by atoms with Gasteiger partial charge in [-0.15, -0.1) is 0 Å². The summed E-state index contributed by atoms with van der Waals surface area (Å²) in [5, 5.41) is 9.31. The van der Waals surface area contributed by atoms with Crippen molar-refractivity contribution < 1.29 is 24.2 Å². The standard InChI is InChI=1S/C16H19NO5/c1-11-15(20)22-16(21)17(11)13(14(18)19)10-6-5-9-12-7-3-2-4-8-12/h2-4,7-8,11,13H,5-6,9-10H2,1H3,(H,18,19). The first-order chi connectivity index (χ1) is 10.5. The van der Waals surface area contributed by atoms with E-state index in [1.165, 1.54) is 12.5 Å². The second-order valence-electron chi connectivity index (χ2n) is 5.36. The van der Waals surface area contributed by atoms with Crippen molar-refractivity contribution in [3.05, 3.63) is 35.9 Å². The molecule has 1 N–H and O–H groups in total. The Bertz CT molecular complexity index is 557. The van der Waals surface area contributed by atoms with Gasteiger partial charge in [0.05, 0.1) is 0 Å². The summed E-state index contributed by atoms with van der Waals surface area (Å²) >= 11 is 0. The highest BCUT2D eigenvalue weighted by atomic mass is 16.6. The van der Waals surface area contributed by atoms with Gasteiger partial charge in [0.25, 0.3) is 0 Å². The van der Waals surface area contributed by atoms with Crippen LogP contribution in [-0.2, 0) is 20.7 Å². The third kappa shape index (κ3) is 3.63. The number of aliphatic carboxylic acids is 1. The second-order valence-corrected chi connectivity index (χ2v) is 5.36. The summed E-state index contributed by atoms with van der Waals surface area (Å²) in [5.41, 5.74) is 1.19. The second kappa shape index (κ2) is 7.06. The number of amides is 1. The summed E-state index contributed by atoms with van der Waals surface area (Å²) in [7, 11) is 0. The maximum atomic E-state index is 11.6. The maximum Gasteiger partial charge on any atom is 0.419 e. The smallest absolute Gasteiger partial charge is 0.419 e. The molecule has 1 aliphatic heterocycles. The monoisotopic (exact) mass is 305 g/mol. The zero-order valence-corrected chi connectivity index (χ0v) is 12.4. The number of benzene rings is 1. The summed E-state index contributed by atoms with van der Waals surface area (Å²) in [4.78, 5) is 35.4. The zero-order chi connectivity index (χ0) is 16.1. The number of hydrogen-bond acceptors (Lipinski definition) is 4. The number of carbonyl (C=O) groups is 3. The molecule has 1 aromatic carbocycles. The van der Waals surface area contributed by atoms with E-state index in [4.69, 9.17) is 0 Å². The molecule has 1 heterocycles. The molecule has 2 rings (SSSR count). The summed E-state index contributed by atoms with van der Waals surface area (Å²) < 4.78 is 4.48. The van der Waals surface area contributed by atoms with Crippen LogP contribution in [0.25, 0.3) is 0 Å². The van der Waals surface area contributed by atoms with Crippen LogP contribution in [0.3, 0.4) is 0 Å². The van der Waals surface area contributed by atoms with Gasteiger partial charge >= 0.3 is 18.0 Å². The van der Waals surface area contributed by atoms with E-state index in [9.17, 15) is 19.5 Å². The van der Waals surface area contributed by atoms with Crippen molar-refractivity contribution in [3.63, 3.8) is 0 Å². The van der Waals surface area contributed by atoms with Crippen molar-refractivity contribution >= 4 is 18.0 Å². The Kier molecular flexibility index (Phi) is 5.14. The molecule has 22 heavy (non-hydrogen) atoms. The molecule has 1 saturated heterocycles. The summed E-state index contributed by atoms with van der Waals surface area (Å²) in [6.07, 6.45) is 1.75. The van der Waals surface area contributed by atoms with Crippen LogP contribution < -0.4 is 0 Å². The van der Waals surface area contributed by atoms with Gasteiger partial charge in [-0.1, -0.05) is 36.8 Å². The normalized spacial score (nSPS) is 19.1. The molecular weight excluding hydrogens is 286 g/mol. The molecule has 0 radical (unpaired) electrons. The lowest BCUT2D eigenvalue weighted by Gasteiger charge is -2.24. The number of aryl methyl sites for hydroxylation is 1. The Balaban J connectivity index is 1.89. The number of carboxylic acids is 1. The first-order valence-electron chi connectivity index (χ1n) is 7.31. The predicted molar refractivity (Wildman–Crippen MR) is 78.2 cm³/mol. The van der Waals surface area contributed by atoms with E-state index in [2.05, 4.69) is 4.74 Å². The van der Waals surface area contributed by atoms with Crippen LogP contribution in [0.1, 0.15) is 31.7 Å². The number of ether oxygens (including phenoxy) is 1. The van der Waals surface area contributed by atoms with Crippen LogP contribution in [0, 0.1) is 0 Å². The molecule has 118 valence electrons. The minimum absolute atomic E-state index is 0.300. The van der Waals surface area contributed by atoms with Crippen molar-refractivity contribution in [2.45, 2.75) is 44.7 Å². The van der Waals surface area contributed by atoms with E-state index in [1.54, 1.807) is 0 Å². The highest BCUT2D eigenvalue weighted by Crippen LogP contribution is 2.21. The van der Waals surface area contributed by atoms with Crippen LogP contribution in [0.15, 0.2) is 30.3 Å². The van der Waals surface area contributed by atoms with Gasteiger partial charge in [0.1, 0.15) is 12.1 Å². The first kappa shape index (κ1) is 16.0. The molecule has 2 unspecified atom stereocenters. The van der Waals surface area contributed by atoms with Crippen molar-refractivity contribution in [3.8, 4) is 0 Å². The van der Waals surface area contributed by atoms with E-state index in [1.807, 2.05) is 30.3 Å². The summed E-state index contributed by atoms with van der Waals surface area (Å²) in [6, 6.07) is 8.04. The fourth-order valence-corrected chi connectivity index (χ4v) is 2.59. The topological polar surface area (TPSA) is 83.9 Å². The number of unbranched alkanes of at least 4 members (excludes halogenated alkanes) is 1. The molecule has 1 aliphatic rings. The van der Waals surface area contributed by atoms with Gasteiger partial charge in [-0.05, 0) is 31.7 Å². The minimum atomic E-state index is -1.11. The van der Waals surface area contributed by atoms with Gasteiger partial charge in [0.2, 0.25) is 0 Å². The largest absolute Gasteiger partial charge is 0.480 e. The van der Waals surface area contributed by atoms with E-state index >= 15 is 0 Å². The fraction of sp³-hybridized carbons (Fsp3) is 0.438. The molecule has 0 aromatic heterocycles. The SMILES string of the molecule is CC1C(=O)OC(=O)N1C(CCCCc1ccccc1)C(=O)O. The third-order valence-electron chi connectivity index (χ3n) is 3.81. The lowest BCUT2D eigenvalue weighted by atomic mass is 10.0. The van der Waals surface area contributed by atoms with Crippen molar-refractivity contribution in [2.24, 2.45) is 0 Å². The number of carboxylic acid groups (broad SMARTS) is 1. The molecule has 2 atom stereocenters. The number of rotatable bonds is 7. The maximum absolute atomic E-state index is 11.6. The van der Waals surface area contributed by atoms with Crippen LogP contribution >= 0.6 is 0 Å². The molecule has 6 nitrogen and oxygen atoms in total. The molecule has 1 fully saturated rings. The number of esters is 1. The van der Waals surface area contributed by atoms with Gasteiger partial charge in [-0.3, -0.25) is 4.90 Å². The Hall–Kier alpha value is -2.37. The molecular formula is C16H19NO5. The van der Waals surface area contributed by atoms with Gasteiger partial charge in [0, 0.05) is 0 Å². The Morgan fingerprint density at radius 2 is 1.95 bits per heavy atom. The summed E-state index contributed by atoms with van der Waals surface area (Å²) in [5.74, 6) is -1.81. The van der Waals surface area contributed by atoms with E-state index in [0.717, 1.165) is 17.7 Å². The van der Waals surface area contributed by atoms with Crippen LogP contribution in [0.2, 0.25) is 0 Å². The van der Waals surface area contributed by atoms with E-state index in [0.29, 0.717) is 12.8 Å². The third-order valence-corrected chi connectivity index (χ3v) is 3.81. The van der Waals surface area contributed by atoms with Gasteiger partial charge in [-0.2, -0.15) is 0 Å². The molecule has 6 heteroatoms. The van der Waals surface area contributed by atoms with Crippen LogP contribution in [-0.4, -0.2) is 40.1 Å².